The van der Waals surface area contributed by atoms with Crippen LogP contribution in [-0.2, 0) is 13.0 Å². The molecule has 0 aliphatic heterocycles. The van der Waals surface area contributed by atoms with Crippen LogP contribution in [0.2, 0.25) is 0 Å². The van der Waals surface area contributed by atoms with Gasteiger partial charge in [-0.05, 0) is 25.1 Å². The van der Waals surface area contributed by atoms with Crippen molar-refractivity contribution in [3.63, 3.8) is 0 Å². The van der Waals surface area contributed by atoms with Crippen molar-refractivity contribution in [2.24, 2.45) is 0 Å². The normalized spacial score (nSPS) is 10.8. The highest BCUT2D eigenvalue weighted by atomic mass is 16.4. The average Bonchev–Trinajstić information content (AvgIpc) is 3.14. The number of aryl methyl sites for hydroxylation is 2. The van der Waals surface area contributed by atoms with Gasteiger partial charge in [-0.3, -0.25) is 0 Å². The molecule has 0 saturated carbocycles. The van der Waals surface area contributed by atoms with Crippen LogP contribution in [0, 0.1) is 6.92 Å². The van der Waals surface area contributed by atoms with Crippen LogP contribution in [0.15, 0.2) is 40.9 Å². The minimum absolute atomic E-state index is 0.490. The lowest BCUT2D eigenvalue weighted by Crippen LogP contribution is -2.05. The largest absolute Gasteiger partial charge is 0.423 e. The third-order valence-electron chi connectivity index (χ3n) is 3.11. The molecule has 0 atom stereocenters. The van der Waals surface area contributed by atoms with Crippen LogP contribution < -0.4 is 5.32 Å². The Morgan fingerprint density at radius 1 is 1.14 bits per heavy atom. The molecule has 0 saturated heterocycles. The van der Waals surface area contributed by atoms with Gasteiger partial charge in [-0.1, -0.05) is 19.1 Å². The van der Waals surface area contributed by atoms with Crippen LogP contribution in [0.4, 0.5) is 5.69 Å². The molecule has 2 aromatic heterocycles. The Bertz CT molecular complexity index is 731. The summed E-state index contributed by atoms with van der Waals surface area (Å²) in [6.07, 6.45) is 2.69. The number of hydrogen-bond acceptors (Lipinski definition) is 5. The first kappa shape index (κ1) is 13.4. The summed E-state index contributed by atoms with van der Waals surface area (Å²) in [6.45, 7) is 4.45. The monoisotopic (exact) mass is 283 g/mol. The highest BCUT2D eigenvalue weighted by Crippen LogP contribution is 2.20. The van der Waals surface area contributed by atoms with Crippen molar-refractivity contribution in [3.05, 3.63) is 54.0 Å². The number of para-hydroxylation sites is 2. The van der Waals surface area contributed by atoms with E-state index in [1.165, 1.54) is 0 Å². The predicted molar refractivity (Wildman–Crippen MR) is 79.3 cm³/mol. The molecule has 0 unspecified atom stereocenters. The SMILES string of the molecule is CCc1nnc(CNc2ccccc2-n2ccc(C)n2)o1. The Morgan fingerprint density at radius 3 is 2.67 bits per heavy atom. The maximum absolute atomic E-state index is 5.50. The van der Waals surface area contributed by atoms with E-state index < -0.39 is 0 Å². The zero-order valence-electron chi connectivity index (χ0n) is 12.1. The minimum Gasteiger partial charge on any atom is -0.423 e. The molecule has 3 rings (SSSR count). The Labute approximate surface area is 122 Å². The zero-order valence-corrected chi connectivity index (χ0v) is 12.1. The number of nitrogens with zero attached hydrogens (tertiary/aromatic N) is 4. The van der Waals surface area contributed by atoms with E-state index in [9.17, 15) is 0 Å². The van der Waals surface area contributed by atoms with Crippen LogP contribution in [0.5, 0.6) is 0 Å². The lowest BCUT2D eigenvalue weighted by molar-refractivity contribution is 0.460. The summed E-state index contributed by atoms with van der Waals surface area (Å²) >= 11 is 0. The Balaban J connectivity index is 1.79. The van der Waals surface area contributed by atoms with Crippen molar-refractivity contribution >= 4 is 5.69 Å². The van der Waals surface area contributed by atoms with Crippen molar-refractivity contribution < 1.29 is 4.42 Å². The molecular formula is C15H17N5O. The van der Waals surface area contributed by atoms with E-state index >= 15 is 0 Å². The van der Waals surface area contributed by atoms with Gasteiger partial charge in [0.15, 0.2) is 0 Å². The molecule has 0 aliphatic carbocycles. The number of benzene rings is 1. The smallest absolute Gasteiger partial charge is 0.235 e. The topological polar surface area (TPSA) is 68.8 Å². The molecule has 0 spiro atoms. The molecular weight excluding hydrogens is 266 g/mol. The van der Waals surface area contributed by atoms with Gasteiger partial charge in [0, 0.05) is 12.6 Å². The second-order valence-electron chi connectivity index (χ2n) is 4.72. The summed E-state index contributed by atoms with van der Waals surface area (Å²) in [6, 6.07) is 9.96. The maximum Gasteiger partial charge on any atom is 0.235 e. The molecule has 108 valence electrons. The Kier molecular flexibility index (Phi) is 3.68. The Morgan fingerprint density at radius 2 is 1.95 bits per heavy atom. The van der Waals surface area contributed by atoms with E-state index in [4.69, 9.17) is 4.42 Å². The fourth-order valence-corrected chi connectivity index (χ4v) is 2.05. The van der Waals surface area contributed by atoms with E-state index in [1.807, 2.05) is 55.1 Å². The average molecular weight is 283 g/mol. The summed E-state index contributed by atoms with van der Waals surface area (Å²) in [4.78, 5) is 0. The van der Waals surface area contributed by atoms with Gasteiger partial charge in [-0.25, -0.2) is 4.68 Å². The third kappa shape index (κ3) is 2.94. The summed E-state index contributed by atoms with van der Waals surface area (Å²) < 4.78 is 7.35. The highest BCUT2D eigenvalue weighted by Gasteiger charge is 2.08. The summed E-state index contributed by atoms with van der Waals surface area (Å²) in [5.74, 6) is 1.24. The fraction of sp³-hybridized carbons (Fsp3) is 0.267. The molecule has 6 heteroatoms. The standard InChI is InChI=1S/C15H17N5O/c1-3-14-17-18-15(21-14)10-16-12-6-4-5-7-13(12)20-9-8-11(2)19-20/h4-9,16H,3,10H2,1-2H3. The highest BCUT2D eigenvalue weighted by molar-refractivity contribution is 5.60. The first-order chi connectivity index (χ1) is 10.3. The first-order valence-corrected chi connectivity index (χ1v) is 6.93. The number of rotatable bonds is 5. The van der Waals surface area contributed by atoms with Gasteiger partial charge < -0.3 is 9.73 Å². The van der Waals surface area contributed by atoms with Crippen molar-refractivity contribution in [2.75, 3.05) is 5.32 Å². The number of hydrogen-bond donors (Lipinski definition) is 1. The van der Waals surface area contributed by atoms with Gasteiger partial charge in [-0.15, -0.1) is 10.2 Å². The van der Waals surface area contributed by atoms with Gasteiger partial charge in [0.2, 0.25) is 11.8 Å². The molecule has 3 aromatic rings. The van der Waals surface area contributed by atoms with Crippen LogP contribution in [0.3, 0.4) is 0 Å². The number of aromatic nitrogens is 4. The van der Waals surface area contributed by atoms with Crippen molar-refractivity contribution in [1.29, 1.82) is 0 Å². The molecule has 1 aromatic carbocycles. The molecule has 2 heterocycles. The zero-order chi connectivity index (χ0) is 14.7. The molecule has 1 N–H and O–H groups in total. The lowest BCUT2D eigenvalue weighted by Gasteiger charge is -2.10. The van der Waals surface area contributed by atoms with E-state index in [0.29, 0.717) is 18.3 Å². The third-order valence-corrected chi connectivity index (χ3v) is 3.11. The molecule has 0 radical (unpaired) electrons. The maximum atomic E-state index is 5.50. The van der Waals surface area contributed by atoms with E-state index in [1.54, 1.807) is 0 Å². The van der Waals surface area contributed by atoms with E-state index in [2.05, 4.69) is 20.6 Å². The minimum atomic E-state index is 0.490. The molecule has 0 amide bonds. The van der Waals surface area contributed by atoms with Gasteiger partial charge in [0.05, 0.1) is 23.6 Å². The summed E-state index contributed by atoms with van der Waals surface area (Å²) in [7, 11) is 0. The second-order valence-corrected chi connectivity index (χ2v) is 4.72. The van der Waals surface area contributed by atoms with Crippen LogP contribution in [0.1, 0.15) is 24.4 Å². The van der Waals surface area contributed by atoms with E-state index in [0.717, 1.165) is 23.5 Å². The van der Waals surface area contributed by atoms with Gasteiger partial charge >= 0.3 is 0 Å². The second kappa shape index (κ2) is 5.78. The molecule has 0 fully saturated rings. The first-order valence-electron chi connectivity index (χ1n) is 6.93. The van der Waals surface area contributed by atoms with Crippen molar-refractivity contribution in [2.45, 2.75) is 26.8 Å². The van der Waals surface area contributed by atoms with E-state index in [-0.39, 0.29) is 0 Å². The van der Waals surface area contributed by atoms with Crippen molar-refractivity contribution in [1.82, 2.24) is 20.0 Å². The molecule has 0 bridgehead atoms. The number of nitrogens with one attached hydrogen (secondary N) is 1. The lowest BCUT2D eigenvalue weighted by atomic mass is 10.2. The van der Waals surface area contributed by atoms with Crippen LogP contribution in [-0.4, -0.2) is 20.0 Å². The van der Waals surface area contributed by atoms with Gasteiger partial charge in [0.25, 0.3) is 0 Å². The number of anilines is 1. The van der Waals surface area contributed by atoms with Gasteiger partial charge in [-0.2, -0.15) is 5.10 Å². The Hall–Kier alpha value is -2.63. The van der Waals surface area contributed by atoms with Crippen LogP contribution >= 0.6 is 0 Å². The summed E-state index contributed by atoms with van der Waals surface area (Å²) in [5.41, 5.74) is 2.94. The van der Waals surface area contributed by atoms with Crippen LogP contribution in [0.25, 0.3) is 5.69 Å². The summed E-state index contributed by atoms with van der Waals surface area (Å²) in [5, 5.41) is 15.7. The molecule has 0 aliphatic rings. The van der Waals surface area contributed by atoms with Gasteiger partial charge in [0.1, 0.15) is 0 Å². The van der Waals surface area contributed by atoms with Crippen molar-refractivity contribution in [3.8, 4) is 5.69 Å². The molecule has 6 nitrogen and oxygen atoms in total. The quantitative estimate of drug-likeness (QED) is 0.779. The predicted octanol–water partition coefficient (Wildman–Crippen LogP) is 2.74. The fourth-order valence-electron chi connectivity index (χ4n) is 2.05. The molecule has 21 heavy (non-hydrogen) atoms.